The van der Waals surface area contributed by atoms with Crippen molar-refractivity contribution >= 4 is 0 Å². The van der Waals surface area contributed by atoms with Gasteiger partial charge in [-0.3, -0.25) is 0 Å². The molecule has 0 spiro atoms. The predicted octanol–water partition coefficient (Wildman–Crippen LogP) is -4.43. The molecule has 2 aliphatic heterocycles. The van der Waals surface area contributed by atoms with Gasteiger partial charge in [0.15, 0.2) is 12.6 Å². The monoisotopic (exact) mass is 478 g/mol. The van der Waals surface area contributed by atoms with E-state index in [1.807, 2.05) is 0 Å². The number of nitrogens with one attached hydrogen (secondary N) is 2. The zero-order valence-electron chi connectivity index (χ0n) is 19.5. The number of hydrogen-bond donors (Lipinski definition) is 9. The second-order valence-electron chi connectivity index (χ2n) is 9.65. The first kappa shape index (κ1) is 27.1. The van der Waals surface area contributed by atoms with Crippen molar-refractivity contribution in [2.24, 2.45) is 22.9 Å². The van der Waals surface area contributed by atoms with Crippen LogP contribution in [0.25, 0.3) is 0 Å². The number of hydrogen-bond acceptors (Lipinski definition) is 13. The summed E-state index contributed by atoms with van der Waals surface area (Å²) in [6.45, 7) is 1.48. The molecule has 0 radical (unpaired) electrons. The molecule has 0 aromatic rings. The Bertz CT molecular complexity index is 634. The first-order valence-corrected chi connectivity index (χ1v) is 11.5. The molecule has 0 aromatic heterocycles. The lowest BCUT2D eigenvalue weighted by atomic mass is 9.84. The topological polar surface area (TPSA) is 226 Å². The lowest BCUT2D eigenvalue weighted by molar-refractivity contribution is -0.307. The highest BCUT2D eigenvalue weighted by atomic mass is 16.7. The molecule has 13 nitrogen and oxygen atoms in total. The van der Waals surface area contributed by atoms with Gasteiger partial charge >= 0.3 is 0 Å². The van der Waals surface area contributed by atoms with E-state index in [9.17, 15) is 15.3 Å². The van der Waals surface area contributed by atoms with Gasteiger partial charge in [0, 0.05) is 12.1 Å². The first-order chi connectivity index (χ1) is 15.5. The van der Waals surface area contributed by atoms with E-state index < -0.39 is 66.8 Å². The summed E-state index contributed by atoms with van der Waals surface area (Å²) in [5, 5.41) is 38.1. The molecule has 2 heterocycles. The van der Waals surface area contributed by atoms with Gasteiger partial charge in [-0.25, -0.2) is 0 Å². The Morgan fingerprint density at radius 2 is 1.58 bits per heavy atom. The number of rotatable bonds is 7. The minimum atomic E-state index is -1.30. The van der Waals surface area contributed by atoms with Crippen LogP contribution in [-0.2, 0) is 18.9 Å². The molecule has 13 heteroatoms. The van der Waals surface area contributed by atoms with Gasteiger partial charge in [-0.05, 0) is 40.3 Å². The molecule has 13 N–H and O–H groups in total. The zero-order chi connectivity index (χ0) is 24.5. The molecule has 0 aromatic carbocycles. The van der Waals surface area contributed by atoms with E-state index in [0.29, 0.717) is 19.3 Å². The quantitative estimate of drug-likeness (QED) is 0.158. The van der Waals surface area contributed by atoms with Crippen LogP contribution in [0.15, 0.2) is 0 Å². The van der Waals surface area contributed by atoms with Gasteiger partial charge < -0.3 is 67.8 Å². The molecule has 3 aliphatic rings. The van der Waals surface area contributed by atoms with Crippen molar-refractivity contribution < 1.29 is 34.3 Å². The van der Waals surface area contributed by atoms with Crippen molar-refractivity contribution in [2.75, 3.05) is 20.7 Å². The molecular weight excluding hydrogens is 436 g/mol. The van der Waals surface area contributed by atoms with Gasteiger partial charge in [0.1, 0.15) is 30.0 Å². The number of nitrogens with two attached hydrogens (primary N) is 4. The van der Waals surface area contributed by atoms with Crippen LogP contribution in [-0.4, -0.2) is 115 Å². The summed E-state index contributed by atoms with van der Waals surface area (Å²) in [4.78, 5) is 0. The highest BCUT2D eigenvalue weighted by molar-refractivity contribution is 5.02. The van der Waals surface area contributed by atoms with Gasteiger partial charge in [-0.1, -0.05) is 0 Å². The van der Waals surface area contributed by atoms with E-state index in [-0.39, 0.29) is 18.9 Å². The summed E-state index contributed by atoms with van der Waals surface area (Å²) in [5.74, 6) is 0. The summed E-state index contributed by atoms with van der Waals surface area (Å²) < 4.78 is 23.5. The van der Waals surface area contributed by atoms with Crippen molar-refractivity contribution in [1.82, 2.24) is 10.6 Å². The third kappa shape index (κ3) is 5.83. The summed E-state index contributed by atoms with van der Waals surface area (Å²) in [5.41, 5.74) is 23.5. The second kappa shape index (κ2) is 11.0. The van der Waals surface area contributed by atoms with Crippen molar-refractivity contribution in [2.45, 2.75) is 105 Å². The average molecular weight is 479 g/mol. The van der Waals surface area contributed by atoms with Crippen molar-refractivity contribution in [1.29, 1.82) is 0 Å². The van der Waals surface area contributed by atoms with Crippen LogP contribution in [0.5, 0.6) is 0 Å². The predicted molar refractivity (Wildman–Crippen MR) is 118 cm³/mol. The molecule has 0 bridgehead atoms. The van der Waals surface area contributed by atoms with Crippen LogP contribution >= 0.6 is 0 Å². The largest absolute Gasteiger partial charge is 0.388 e. The Balaban J connectivity index is 1.68. The van der Waals surface area contributed by atoms with Crippen molar-refractivity contribution in [3.63, 3.8) is 0 Å². The van der Waals surface area contributed by atoms with Gasteiger partial charge in [0.2, 0.25) is 0 Å². The van der Waals surface area contributed by atoms with Crippen LogP contribution in [0.1, 0.15) is 26.2 Å². The minimum absolute atomic E-state index is 0.0738. The Labute approximate surface area is 194 Å². The van der Waals surface area contributed by atoms with Crippen LogP contribution in [0, 0.1) is 0 Å². The molecule has 1 aliphatic carbocycles. The third-order valence-corrected chi connectivity index (χ3v) is 6.96. The molecule has 3 fully saturated rings. The van der Waals surface area contributed by atoms with E-state index >= 15 is 0 Å². The lowest BCUT2D eigenvalue weighted by Gasteiger charge is -2.48. The summed E-state index contributed by atoms with van der Waals surface area (Å²) in [6, 6.07) is -2.34. The van der Waals surface area contributed by atoms with Crippen LogP contribution in [0.2, 0.25) is 0 Å². The number of ether oxygens (including phenoxy) is 4. The van der Waals surface area contributed by atoms with Crippen LogP contribution in [0.3, 0.4) is 0 Å². The van der Waals surface area contributed by atoms with Crippen molar-refractivity contribution in [3.8, 4) is 0 Å². The smallest absolute Gasteiger partial charge is 0.185 e. The Morgan fingerprint density at radius 3 is 2.15 bits per heavy atom. The van der Waals surface area contributed by atoms with Crippen molar-refractivity contribution in [3.05, 3.63) is 0 Å². The molecule has 0 unspecified atom stereocenters. The average Bonchev–Trinajstić information content (AvgIpc) is 2.76. The molecule has 3 rings (SSSR count). The Morgan fingerprint density at radius 1 is 0.970 bits per heavy atom. The molecule has 194 valence electrons. The van der Waals surface area contributed by atoms with E-state index in [0.717, 1.165) is 0 Å². The molecule has 2 saturated heterocycles. The van der Waals surface area contributed by atoms with Gasteiger partial charge in [-0.15, -0.1) is 0 Å². The molecule has 33 heavy (non-hydrogen) atoms. The zero-order valence-corrected chi connectivity index (χ0v) is 19.5. The van der Waals surface area contributed by atoms with Crippen LogP contribution < -0.4 is 33.6 Å². The minimum Gasteiger partial charge on any atom is -0.388 e. The Kier molecular flexibility index (Phi) is 9.05. The van der Waals surface area contributed by atoms with E-state index in [1.165, 1.54) is 0 Å². The van der Waals surface area contributed by atoms with Gasteiger partial charge in [0.25, 0.3) is 0 Å². The van der Waals surface area contributed by atoms with Gasteiger partial charge in [0.05, 0.1) is 31.0 Å². The van der Waals surface area contributed by atoms with Gasteiger partial charge in [-0.2, -0.15) is 0 Å². The maximum absolute atomic E-state index is 11.1. The SMILES string of the molecule is CN[C@@H](N)[C@@H]1CC[C@@H](N)[C@@H](O[C@H]2[C@H](O)[C@@H](O[C@H]3OC[C@](C)(O)[C@H](NC)[C@H]3O)[C@H](N)C[C@@H]2N)O1. The molecule has 13 atom stereocenters. The summed E-state index contributed by atoms with van der Waals surface area (Å²) in [7, 11) is 3.36. The summed E-state index contributed by atoms with van der Waals surface area (Å²) >= 11 is 0. The highest BCUT2D eigenvalue weighted by Gasteiger charge is 2.50. The maximum atomic E-state index is 11.1. The van der Waals surface area contributed by atoms with E-state index in [2.05, 4.69) is 10.6 Å². The molecular formula is C20H42N6O7. The number of likely N-dealkylation sites (N-methyl/N-ethyl adjacent to an activating group) is 2. The fourth-order valence-electron chi connectivity index (χ4n) is 4.93. The number of aliphatic hydroxyl groups excluding tert-OH is 2. The number of aliphatic hydroxyl groups is 3. The van der Waals surface area contributed by atoms with E-state index in [1.54, 1.807) is 21.0 Å². The fourth-order valence-corrected chi connectivity index (χ4v) is 4.93. The third-order valence-electron chi connectivity index (χ3n) is 6.96. The first-order valence-electron chi connectivity index (χ1n) is 11.5. The maximum Gasteiger partial charge on any atom is 0.185 e. The molecule has 0 amide bonds. The second-order valence-corrected chi connectivity index (χ2v) is 9.65. The van der Waals surface area contributed by atoms with E-state index in [4.69, 9.17) is 41.9 Å². The Hall–Kier alpha value is -0.520. The molecule has 1 saturated carbocycles. The normalized spacial score (nSPS) is 50.2. The lowest BCUT2D eigenvalue weighted by Crippen LogP contribution is -2.68. The highest BCUT2D eigenvalue weighted by Crippen LogP contribution is 2.31. The standard InChI is InChI=1S/C20H42N6O7/c1-20(29)7-30-19(13(28)16(20)25-2)33-15-10(23)6-9(22)14(12(15)27)32-18-8(21)4-5-11(31-18)17(24)26-3/h8-19,25-29H,4-7,21-24H2,1-3H3/t8-,9+,10-,11+,12+,13-,14-,15+,16-,17-,18-,19-,20+/m1/s1. The summed E-state index contributed by atoms with van der Waals surface area (Å²) in [6.07, 6.45) is -5.27. The van der Waals surface area contributed by atoms with Crippen LogP contribution in [0.4, 0.5) is 0 Å². The fraction of sp³-hybridized carbons (Fsp3) is 1.00.